The third-order valence-electron chi connectivity index (χ3n) is 2.28. The van der Waals surface area contributed by atoms with E-state index >= 15 is 0 Å². The number of nitrogens with zero attached hydrogens (tertiary/aromatic N) is 2. The van der Waals surface area contributed by atoms with Crippen LogP contribution >= 0.6 is 15.9 Å². The molecule has 0 fully saturated rings. The lowest BCUT2D eigenvalue weighted by atomic mass is 10.3. The molecule has 0 saturated carbocycles. The summed E-state index contributed by atoms with van der Waals surface area (Å²) in [4.78, 5) is 4.58. The van der Waals surface area contributed by atoms with Crippen molar-refractivity contribution in [2.75, 3.05) is 0 Å². The van der Waals surface area contributed by atoms with E-state index in [0.717, 1.165) is 28.8 Å². The first kappa shape index (κ1) is 9.71. The molecule has 2 aromatic rings. The zero-order chi connectivity index (χ0) is 10.1. The maximum Gasteiger partial charge on any atom is 0.138 e. The van der Waals surface area contributed by atoms with Crippen LogP contribution in [0.5, 0.6) is 0 Å². The summed E-state index contributed by atoms with van der Waals surface area (Å²) < 4.78 is 3.17. The molecule has 0 spiro atoms. The first-order valence-corrected chi connectivity index (χ1v) is 5.64. The van der Waals surface area contributed by atoms with Crippen LogP contribution in [0.2, 0.25) is 0 Å². The molecule has 0 atom stereocenters. The fraction of sp³-hybridized carbons (Fsp3) is 0.364. The van der Waals surface area contributed by atoms with E-state index in [1.54, 1.807) is 0 Å². The zero-order valence-corrected chi connectivity index (χ0v) is 10.0. The van der Waals surface area contributed by atoms with Crippen molar-refractivity contribution < 1.29 is 0 Å². The van der Waals surface area contributed by atoms with E-state index in [4.69, 9.17) is 0 Å². The van der Waals surface area contributed by atoms with E-state index < -0.39 is 0 Å². The molecule has 2 nitrogen and oxygen atoms in total. The summed E-state index contributed by atoms with van der Waals surface area (Å²) in [5, 5.41) is 0. The Morgan fingerprint density at radius 3 is 3.00 bits per heavy atom. The quantitative estimate of drug-likeness (QED) is 0.802. The molecule has 2 aromatic heterocycles. The van der Waals surface area contributed by atoms with Crippen LogP contribution in [0.25, 0.3) is 5.65 Å². The van der Waals surface area contributed by atoms with Gasteiger partial charge in [-0.1, -0.05) is 13.3 Å². The third kappa shape index (κ3) is 1.57. The molecule has 2 heterocycles. The summed E-state index contributed by atoms with van der Waals surface area (Å²) in [6.07, 6.45) is 4.21. The van der Waals surface area contributed by atoms with Crippen molar-refractivity contribution in [1.82, 2.24) is 9.38 Å². The number of hydrogen-bond donors (Lipinski definition) is 0. The van der Waals surface area contributed by atoms with Crippen LogP contribution in [0, 0.1) is 6.92 Å². The second-order valence-corrected chi connectivity index (χ2v) is 4.28. The van der Waals surface area contributed by atoms with Gasteiger partial charge in [0.05, 0.1) is 5.69 Å². The standard InChI is InChI=1S/C11H13BrN2/c1-3-4-9-11(12)14-6-5-8(2)7-10(14)13-9/h5-7H,3-4H2,1-2H3. The summed E-state index contributed by atoms with van der Waals surface area (Å²) in [6, 6.07) is 4.19. The van der Waals surface area contributed by atoms with Gasteiger partial charge in [0.25, 0.3) is 0 Å². The van der Waals surface area contributed by atoms with E-state index in [-0.39, 0.29) is 0 Å². The average molecular weight is 253 g/mol. The molecule has 0 aromatic carbocycles. The van der Waals surface area contributed by atoms with Crippen LogP contribution in [-0.2, 0) is 6.42 Å². The second-order valence-electron chi connectivity index (χ2n) is 3.53. The van der Waals surface area contributed by atoms with E-state index in [1.165, 1.54) is 5.56 Å². The highest BCUT2D eigenvalue weighted by Crippen LogP contribution is 2.20. The number of fused-ring (bicyclic) bond motifs is 1. The van der Waals surface area contributed by atoms with Gasteiger partial charge in [0.15, 0.2) is 0 Å². The Labute approximate surface area is 92.1 Å². The van der Waals surface area contributed by atoms with Crippen molar-refractivity contribution >= 4 is 21.6 Å². The summed E-state index contributed by atoms with van der Waals surface area (Å²) in [5.74, 6) is 0. The van der Waals surface area contributed by atoms with Crippen molar-refractivity contribution in [2.24, 2.45) is 0 Å². The Bertz CT molecular complexity index is 460. The van der Waals surface area contributed by atoms with Crippen LogP contribution in [0.4, 0.5) is 0 Å². The molecule has 0 aliphatic heterocycles. The van der Waals surface area contributed by atoms with E-state index in [2.05, 4.69) is 57.5 Å². The van der Waals surface area contributed by atoms with Gasteiger partial charge in [-0.15, -0.1) is 0 Å². The molecular weight excluding hydrogens is 240 g/mol. The van der Waals surface area contributed by atoms with Crippen molar-refractivity contribution in [3.63, 3.8) is 0 Å². The Kier molecular flexibility index (Phi) is 2.59. The molecule has 0 radical (unpaired) electrons. The molecule has 0 aliphatic rings. The minimum absolute atomic E-state index is 1.03. The molecule has 0 aliphatic carbocycles. The predicted molar refractivity (Wildman–Crippen MR) is 61.6 cm³/mol. The monoisotopic (exact) mass is 252 g/mol. The van der Waals surface area contributed by atoms with E-state index in [1.807, 2.05) is 0 Å². The molecule has 0 unspecified atom stereocenters. The molecule has 3 heteroatoms. The van der Waals surface area contributed by atoms with Gasteiger partial charge in [-0.2, -0.15) is 0 Å². The van der Waals surface area contributed by atoms with Gasteiger partial charge >= 0.3 is 0 Å². The van der Waals surface area contributed by atoms with Gasteiger partial charge in [-0.05, 0) is 47.0 Å². The Morgan fingerprint density at radius 2 is 2.29 bits per heavy atom. The summed E-state index contributed by atoms with van der Waals surface area (Å²) in [6.45, 7) is 4.25. The topological polar surface area (TPSA) is 17.3 Å². The van der Waals surface area contributed by atoms with Crippen LogP contribution in [-0.4, -0.2) is 9.38 Å². The molecule has 0 saturated heterocycles. The maximum absolute atomic E-state index is 4.58. The van der Waals surface area contributed by atoms with Gasteiger partial charge in [0.1, 0.15) is 10.3 Å². The van der Waals surface area contributed by atoms with Crippen molar-refractivity contribution in [2.45, 2.75) is 26.7 Å². The molecule has 0 N–H and O–H groups in total. The molecule has 2 rings (SSSR count). The van der Waals surface area contributed by atoms with Crippen molar-refractivity contribution in [3.05, 3.63) is 34.2 Å². The minimum atomic E-state index is 1.03. The lowest BCUT2D eigenvalue weighted by Crippen LogP contribution is -1.85. The van der Waals surface area contributed by atoms with Gasteiger partial charge in [-0.3, -0.25) is 4.40 Å². The fourth-order valence-corrected chi connectivity index (χ4v) is 2.15. The number of aryl methyl sites for hydroxylation is 2. The Morgan fingerprint density at radius 1 is 1.50 bits per heavy atom. The minimum Gasteiger partial charge on any atom is -0.294 e. The van der Waals surface area contributed by atoms with Gasteiger partial charge in [0, 0.05) is 6.20 Å². The number of pyridine rings is 1. The van der Waals surface area contributed by atoms with E-state index in [9.17, 15) is 0 Å². The smallest absolute Gasteiger partial charge is 0.138 e. The largest absolute Gasteiger partial charge is 0.294 e. The van der Waals surface area contributed by atoms with Crippen LogP contribution < -0.4 is 0 Å². The first-order valence-electron chi connectivity index (χ1n) is 4.85. The Balaban J connectivity index is 2.61. The average Bonchev–Trinajstić information content (AvgIpc) is 2.44. The Hall–Kier alpha value is -0.830. The highest BCUT2D eigenvalue weighted by Gasteiger charge is 2.07. The molecule has 14 heavy (non-hydrogen) atoms. The van der Waals surface area contributed by atoms with Crippen molar-refractivity contribution in [3.8, 4) is 0 Å². The molecule has 74 valence electrons. The third-order valence-corrected chi connectivity index (χ3v) is 3.12. The van der Waals surface area contributed by atoms with Crippen LogP contribution in [0.3, 0.4) is 0 Å². The number of imidazole rings is 1. The second kappa shape index (κ2) is 3.73. The van der Waals surface area contributed by atoms with Crippen molar-refractivity contribution in [1.29, 1.82) is 0 Å². The summed E-state index contributed by atoms with van der Waals surface area (Å²) in [5.41, 5.74) is 3.43. The highest BCUT2D eigenvalue weighted by atomic mass is 79.9. The molecular formula is C11H13BrN2. The number of rotatable bonds is 2. The van der Waals surface area contributed by atoms with Gasteiger partial charge in [0.2, 0.25) is 0 Å². The van der Waals surface area contributed by atoms with Crippen LogP contribution in [0.15, 0.2) is 22.9 Å². The first-order chi connectivity index (χ1) is 6.72. The number of hydrogen-bond acceptors (Lipinski definition) is 1. The van der Waals surface area contributed by atoms with Crippen LogP contribution in [0.1, 0.15) is 24.6 Å². The summed E-state index contributed by atoms with van der Waals surface area (Å²) in [7, 11) is 0. The van der Waals surface area contributed by atoms with Gasteiger partial charge in [-0.25, -0.2) is 4.98 Å². The number of aromatic nitrogens is 2. The fourth-order valence-electron chi connectivity index (χ4n) is 1.56. The molecule has 0 amide bonds. The summed E-state index contributed by atoms with van der Waals surface area (Å²) >= 11 is 3.58. The van der Waals surface area contributed by atoms with Gasteiger partial charge < -0.3 is 0 Å². The number of halogens is 1. The maximum atomic E-state index is 4.58. The molecule has 0 bridgehead atoms. The predicted octanol–water partition coefficient (Wildman–Crippen LogP) is 3.36. The highest BCUT2D eigenvalue weighted by molar-refractivity contribution is 9.10. The normalized spacial score (nSPS) is 11.1. The SMILES string of the molecule is CCCc1nc2cc(C)ccn2c1Br. The van der Waals surface area contributed by atoms with E-state index in [0.29, 0.717) is 0 Å². The lowest BCUT2D eigenvalue weighted by molar-refractivity contribution is 0.887. The zero-order valence-electron chi connectivity index (χ0n) is 8.42. The lowest BCUT2D eigenvalue weighted by Gasteiger charge is -1.96.